The number of nitrogens with one attached hydrogen (secondary N) is 1. The van der Waals surface area contributed by atoms with Crippen LogP contribution in [0.25, 0.3) is 0 Å². The molecule has 1 aliphatic rings. The van der Waals surface area contributed by atoms with Gasteiger partial charge in [0.15, 0.2) is 5.81 Å². The highest BCUT2D eigenvalue weighted by Crippen LogP contribution is 2.17. The molecule has 0 heterocycles. The standard InChI is InChI=1S/C7H12BNO2/c8-7(11)9-5-1-3-6(10)4-2-5/h5-6,10H,1-4H2,(H,9,11). The molecular weight excluding hydrogens is 141 g/mol. The smallest absolute Gasteiger partial charge is 0.200 e. The van der Waals surface area contributed by atoms with Crippen LogP contribution in [0.2, 0.25) is 0 Å². The number of hydrogen-bond acceptors (Lipinski definition) is 2. The first-order chi connectivity index (χ1) is 5.18. The Labute approximate surface area is 67.6 Å². The van der Waals surface area contributed by atoms with Crippen molar-refractivity contribution in [1.29, 1.82) is 0 Å². The van der Waals surface area contributed by atoms with Gasteiger partial charge < -0.3 is 10.4 Å². The van der Waals surface area contributed by atoms with Crippen LogP contribution in [0.15, 0.2) is 0 Å². The first kappa shape index (κ1) is 8.59. The topological polar surface area (TPSA) is 49.3 Å². The lowest BCUT2D eigenvalue weighted by Crippen LogP contribution is -2.37. The van der Waals surface area contributed by atoms with E-state index in [0.29, 0.717) is 0 Å². The van der Waals surface area contributed by atoms with Gasteiger partial charge >= 0.3 is 0 Å². The molecule has 1 aliphatic carbocycles. The van der Waals surface area contributed by atoms with Gasteiger partial charge in [-0.15, -0.1) is 0 Å². The molecule has 0 aliphatic heterocycles. The second kappa shape index (κ2) is 3.76. The highest BCUT2D eigenvalue weighted by atomic mass is 16.3. The molecule has 0 bridgehead atoms. The van der Waals surface area contributed by atoms with Crippen molar-refractivity contribution in [3.05, 3.63) is 0 Å². The third-order valence-corrected chi connectivity index (χ3v) is 2.04. The Kier molecular flexibility index (Phi) is 2.94. The van der Waals surface area contributed by atoms with E-state index in [0.717, 1.165) is 25.7 Å². The summed E-state index contributed by atoms with van der Waals surface area (Å²) in [7, 11) is 4.95. The molecule has 0 atom stereocenters. The van der Waals surface area contributed by atoms with Gasteiger partial charge in [0.25, 0.3) is 0 Å². The van der Waals surface area contributed by atoms with E-state index in [1.165, 1.54) is 0 Å². The molecule has 2 N–H and O–H groups in total. The fourth-order valence-electron chi connectivity index (χ4n) is 1.42. The van der Waals surface area contributed by atoms with Crippen molar-refractivity contribution in [2.45, 2.75) is 37.8 Å². The molecule has 3 nitrogen and oxygen atoms in total. The maximum atomic E-state index is 10.4. The number of rotatable bonds is 1. The monoisotopic (exact) mass is 153 g/mol. The molecule has 0 unspecified atom stereocenters. The maximum absolute atomic E-state index is 10.4. The normalized spacial score (nSPS) is 31.4. The minimum absolute atomic E-state index is 0.177. The van der Waals surface area contributed by atoms with E-state index in [2.05, 4.69) is 5.32 Å². The van der Waals surface area contributed by atoms with Gasteiger partial charge in [-0.1, -0.05) is 0 Å². The summed E-state index contributed by atoms with van der Waals surface area (Å²) in [6.45, 7) is 0. The molecule has 0 aromatic rings. The predicted octanol–water partition coefficient (Wildman–Crippen LogP) is 0.168. The van der Waals surface area contributed by atoms with E-state index in [9.17, 15) is 4.79 Å². The summed E-state index contributed by atoms with van der Waals surface area (Å²) in [5.41, 5.74) is 0. The van der Waals surface area contributed by atoms with Crippen LogP contribution < -0.4 is 5.32 Å². The van der Waals surface area contributed by atoms with E-state index < -0.39 is 5.81 Å². The molecule has 1 amide bonds. The fraction of sp³-hybridized carbons (Fsp3) is 0.857. The molecule has 0 aromatic carbocycles. The number of carbonyl (C=O) groups excluding carboxylic acids is 1. The van der Waals surface area contributed by atoms with Crippen molar-refractivity contribution < 1.29 is 9.90 Å². The van der Waals surface area contributed by atoms with Gasteiger partial charge in [-0.3, -0.25) is 4.79 Å². The summed E-state index contributed by atoms with van der Waals surface area (Å²) in [6.07, 6.45) is 3.03. The van der Waals surface area contributed by atoms with Gasteiger partial charge in [0, 0.05) is 6.04 Å². The lowest BCUT2D eigenvalue weighted by molar-refractivity contribution is 0.118. The minimum atomic E-state index is -0.466. The zero-order valence-electron chi connectivity index (χ0n) is 6.42. The Hall–Kier alpha value is -0.505. The molecule has 60 valence electrons. The molecule has 1 saturated carbocycles. The van der Waals surface area contributed by atoms with E-state index in [1.54, 1.807) is 0 Å². The first-order valence-corrected chi connectivity index (χ1v) is 3.92. The number of carbonyl (C=O) groups is 1. The summed E-state index contributed by atoms with van der Waals surface area (Å²) in [4.78, 5) is 10.4. The van der Waals surface area contributed by atoms with E-state index in [1.807, 2.05) is 0 Å². The zero-order chi connectivity index (χ0) is 8.27. The van der Waals surface area contributed by atoms with Crippen LogP contribution in [0.1, 0.15) is 25.7 Å². The minimum Gasteiger partial charge on any atom is -0.393 e. The second-order valence-electron chi connectivity index (χ2n) is 3.01. The zero-order valence-corrected chi connectivity index (χ0v) is 6.42. The number of hydrogen-bond donors (Lipinski definition) is 2. The van der Waals surface area contributed by atoms with E-state index >= 15 is 0 Å². The van der Waals surface area contributed by atoms with Gasteiger partial charge in [0.2, 0.25) is 7.85 Å². The van der Waals surface area contributed by atoms with Gasteiger partial charge in [-0.25, -0.2) is 0 Å². The van der Waals surface area contributed by atoms with Crippen LogP contribution >= 0.6 is 0 Å². The summed E-state index contributed by atoms with van der Waals surface area (Å²) >= 11 is 0. The van der Waals surface area contributed by atoms with Crippen molar-refractivity contribution >= 4 is 13.7 Å². The van der Waals surface area contributed by atoms with E-state index in [-0.39, 0.29) is 12.1 Å². The van der Waals surface area contributed by atoms with Gasteiger partial charge in [0.05, 0.1) is 6.10 Å². The van der Waals surface area contributed by atoms with Crippen molar-refractivity contribution in [2.75, 3.05) is 0 Å². The fourth-order valence-corrected chi connectivity index (χ4v) is 1.42. The van der Waals surface area contributed by atoms with Crippen molar-refractivity contribution in [3.8, 4) is 0 Å². The summed E-state index contributed by atoms with van der Waals surface area (Å²) < 4.78 is 0. The Balaban J connectivity index is 2.22. The molecule has 0 aromatic heterocycles. The van der Waals surface area contributed by atoms with Gasteiger partial charge in [-0.05, 0) is 25.7 Å². The average Bonchev–Trinajstić information content (AvgIpc) is 1.93. The Bertz CT molecular complexity index is 143. The molecule has 2 radical (unpaired) electrons. The van der Waals surface area contributed by atoms with Crippen LogP contribution in [-0.4, -0.2) is 30.9 Å². The van der Waals surface area contributed by atoms with Crippen LogP contribution in [0.3, 0.4) is 0 Å². The average molecular weight is 153 g/mol. The number of aliphatic hydroxyl groups is 1. The summed E-state index contributed by atoms with van der Waals surface area (Å²) in [6, 6.07) is 0.177. The number of aliphatic hydroxyl groups excluding tert-OH is 1. The maximum Gasteiger partial charge on any atom is 0.200 e. The molecule has 0 spiro atoms. The molecule has 1 fully saturated rings. The highest BCUT2D eigenvalue weighted by molar-refractivity contribution is 6.57. The van der Waals surface area contributed by atoms with E-state index in [4.69, 9.17) is 13.0 Å². The lowest BCUT2D eigenvalue weighted by Gasteiger charge is -2.25. The summed E-state index contributed by atoms with van der Waals surface area (Å²) in [5.74, 6) is -0.466. The number of amides is 1. The van der Waals surface area contributed by atoms with Gasteiger partial charge in [0.1, 0.15) is 0 Å². The first-order valence-electron chi connectivity index (χ1n) is 3.92. The molecule has 4 heteroatoms. The third-order valence-electron chi connectivity index (χ3n) is 2.04. The predicted molar refractivity (Wildman–Crippen MR) is 42.5 cm³/mol. The van der Waals surface area contributed by atoms with Crippen molar-refractivity contribution in [3.63, 3.8) is 0 Å². The third kappa shape index (κ3) is 2.93. The Morgan fingerprint density at radius 2 is 1.91 bits per heavy atom. The molecule has 0 saturated heterocycles. The summed E-state index contributed by atoms with van der Waals surface area (Å²) in [5, 5.41) is 11.7. The van der Waals surface area contributed by atoms with Crippen LogP contribution in [-0.2, 0) is 0 Å². The molecule has 1 rings (SSSR count). The largest absolute Gasteiger partial charge is 0.393 e. The molecule has 11 heavy (non-hydrogen) atoms. The van der Waals surface area contributed by atoms with Crippen molar-refractivity contribution in [1.82, 2.24) is 5.32 Å². The Morgan fingerprint density at radius 1 is 1.36 bits per heavy atom. The van der Waals surface area contributed by atoms with Crippen LogP contribution in [0.4, 0.5) is 4.79 Å². The van der Waals surface area contributed by atoms with Crippen LogP contribution in [0, 0.1) is 0 Å². The Morgan fingerprint density at radius 3 is 2.36 bits per heavy atom. The van der Waals surface area contributed by atoms with Gasteiger partial charge in [-0.2, -0.15) is 0 Å². The lowest BCUT2D eigenvalue weighted by atomic mass is 9.92. The van der Waals surface area contributed by atoms with Crippen LogP contribution in [0.5, 0.6) is 0 Å². The second-order valence-corrected chi connectivity index (χ2v) is 3.01. The van der Waals surface area contributed by atoms with Crippen molar-refractivity contribution in [2.24, 2.45) is 0 Å². The quantitative estimate of drug-likeness (QED) is 0.527. The molecular formula is C7H12BNO2. The highest BCUT2D eigenvalue weighted by Gasteiger charge is 2.18. The SMILES string of the molecule is [B]C(=O)NC1CCC(O)CC1.